The Morgan fingerprint density at radius 3 is 1.71 bits per heavy atom. The molecule has 7 unspecified atom stereocenters. The first-order valence-electron chi connectivity index (χ1n) is 20.4. The van der Waals surface area contributed by atoms with Crippen LogP contribution >= 0.6 is 0 Å². The van der Waals surface area contributed by atoms with Crippen LogP contribution < -0.4 is 5.32 Å². The standard InChI is InChI=1S/C42H75NO8/c1-3-5-7-9-11-13-15-17-18-19-20-22-24-26-28-30-32-38(46)43-35(34-50-42-41(49)40(48)39(47)37(33-44)51-42)36(45)31-29-27-25-23-21-16-14-12-10-8-6-4-2/h10,12,18-19,21,23,29,31,35-37,39-42,44-45,47-49H,3-9,11,13-17,20,22,24-28,30,32-34H2,1-2H3,(H,43,46)/b12-10+,19-18-,23-21+,31-29+. The van der Waals surface area contributed by atoms with Crippen LogP contribution in [0.3, 0.4) is 0 Å². The maximum atomic E-state index is 12.9. The van der Waals surface area contributed by atoms with Gasteiger partial charge in [-0.05, 0) is 64.2 Å². The van der Waals surface area contributed by atoms with E-state index >= 15 is 0 Å². The fraction of sp³-hybridized carbons (Fsp3) is 0.786. The summed E-state index contributed by atoms with van der Waals surface area (Å²) in [6, 6.07) is -0.830. The van der Waals surface area contributed by atoms with Crippen LogP contribution in [-0.2, 0) is 14.3 Å². The number of hydrogen-bond acceptors (Lipinski definition) is 8. The highest BCUT2D eigenvalue weighted by molar-refractivity contribution is 5.76. The predicted octanol–water partition coefficient (Wildman–Crippen LogP) is 7.50. The van der Waals surface area contributed by atoms with Crippen molar-refractivity contribution in [2.75, 3.05) is 13.2 Å². The lowest BCUT2D eigenvalue weighted by Crippen LogP contribution is -2.60. The number of allylic oxidation sites excluding steroid dienone is 7. The van der Waals surface area contributed by atoms with Crippen molar-refractivity contribution in [3.63, 3.8) is 0 Å². The third kappa shape index (κ3) is 24.2. The lowest BCUT2D eigenvalue weighted by atomic mass is 9.99. The number of amides is 1. The zero-order valence-corrected chi connectivity index (χ0v) is 32.1. The first-order valence-corrected chi connectivity index (χ1v) is 20.4. The third-order valence-corrected chi connectivity index (χ3v) is 9.35. The van der Waals surface area contributed by atoms with Gasteiger partial charge in [-0.25, -0.2) is 0 Å². The monoisotopic (exact) mass is 722 g/mol. The molecule has 7 atom stereocenters. The van der Waals surface area contributed by atoms with Crippen LogP contribution in [0.25, 0.3) is 0 Å². The van der Waals surface area contributed by atoms with E-state index in [0.29, 0.717) is 6.42 Å². The molecule has 0 aromatic rings. The zero-order valence-electron chi connectivity index (χ0n) is 32.1. The summed E-state index contributed by atoms with van der Waals surface area (Å²) < 4.78 is 11.1. The summed E-state index contributed by atoms with van der Waals surface area (Å²) in [6.07, 6.45) is 33.0. The van der Waals surface area contributed by atoms with Crippen LogP contribution in [-0.4, -0.2) is 87.5 Å². The predicted molar refractivity (Wildman–Crippen MR) is 207 cm³/mol. The molecule has 1 fully saturated rings. The molecular formula is C42H75NO8. The van der Waals surface area contributed by atoms with Crippen LogP contribution in [0.2, 0.25) is 0 Å². The fourth-order valence-electron chi connectivity index (χ4n) is 5.99. The van der Waals surface area contributed by atoms with Crippen molar-refractivity contribution in [1.29, 1.82) is 0 Å². The van der Waals surface area contributed by atoms with Crippen molar-refractivity contribution in [2.45, 2.75) is 198 Å². The minimum atomic E-state index is -1.57. The number of carbonyl (C=O) groups excluding carboxylic acids is 1. The van der Waals surface area contributed by atoms with Crippen LogP contribution in [0.15, 0.2) is 48.6 Å². The SMILES string of the molecule is CCCC/C=C/CC/C=C/CC/C=C/C(O)C(COC1OC(CO)C(O)C(O)C1O)NC(=O)CCCCCCC/C=C\CCCCCCCCC. The van der Waals surface area contributed by atoms with E-state index in [1.807, 2.05) is 6.08 Å². The minimum absolute atomic E-state index is 0.204. The molecule has 1 aliphatic rings. The van der Waals surface area contributed by atoms with Gasteiger partial charge in [0.25, 0.3) is 0 Å². The van der Waals surface area contributed by atoms with Gasteiger partial charge < -0.3 is 40.3 Å². The molecule has 1 aliphatic heterocycles. The number of hydrogen-bond donors (Lipinski definition) is 6. The van der Waals surface area contributed by atoms with Gasteiger partial charge in [0.2, 0.25) is 5.91 Å². The van der Waals surface area contributed by atoms with E-state index in [-0.39, 0.29) is 12.5 Å². The van der Waals surface area contributed by atoms with Gasteiger partial charge in [0, 0.05) is 6.42 Å². The molecule has 0 aromatic heterocycles. The molecule has 1 amide bonds. The minimum Gasteiger partial charge on any atom is -0.394 e. The second-order valence-corrected chi connectivity index (χ2v) is 14.1. The van der Waals surface area contributed by atoms with Crippen LogP contribution in [0.5, 0.6) is 0 Å². The fourth-order valence-corrected chi connectivity index (χ4v) is 5.99. The highest BCUT2D eigenvalue weighted by atomic mass is 16.7. The molecule has 6 N–H and O–H groups in total. The van der Waals surface area contributed by atoms with Crippen LogP contribution in [0, 0.1) is 0 Å². The quantitative estimate of drug-likeness (QED) is 0.0309. The molecule has 0 radical (unpaired) electrons. The first-order chi connectivity index (χ1) is 24.8. The van der Waals surface area contributed by atoms with E-state index in [1.165, 1.54) is 64.2 Å². The number of nitrogens with one attached hydrogen (secondary N) is 1. The highest BCUT2D eigenvalue weighted by Crippen LogP contribution is 2.22. The lowest BCUT2D eigenvalue weighted by Gasteiger charge is -2.40. The maximum absolute atomic E-state index is 12.9. The second kappa shape index (κ2) is 32.8. The van der Waals surface area contributed by atoms with E-state index in [2.05, 4.69) is 55.6 Å². The van der Waals surface area contributed by atoms with Crippen molar-refractivity contribution in [1.82, 2.24) is 5.32 Å². The Kier molecular flexibility index (Phi) is 30.3. The topological polar surface area (TPSA) is 149 Å². The van der Waals surface area contributed by atoms with Gasteiger partial charge >= 0.3 is 0 Å². The van der Waals surface area contributed by atoms with Crippen molar-refractivity contribution in [2.24, 2.45) is 0 Å². The molecule has 1 saturated heterocycles. The summed E-state index contributed by atoms with van der Waals surface area (Å²) in [7, 11) is 0. The van der Waals surface area contributed by atoms with Crippen LogP contribution in [0.1, 0.15) is 155 Å². The van der Waals surface area contributed by atoms with Crippen LogP contribution in [0.4, 0.5) is 0 Å². The molecule has 0 bridgehead atoms. The Morgan fingerprint density at radius 1 is 0.647 bits per heavy atom. The molecular weight excluding hydrogens is 646 g/mol. The summed E-state index contributed by atoms with van der Waals surface area (Å²) in [6.45, 7) is 3.66. The molecule has 1 heterocycles. The van der Waals surface area contributed by atoms with Gasteiger partial charge in [-0.3, -0.25) is 4.79 Å². The average molecular weight is 722 g/mol. The second-order valence-electron chi connectivity index (χ2n) is 14.1. The number of aliphatic hydroxyl groups is 5. The first kappa shape index (κ1) is 47.2. The summed E-state index contributed by atoms with van der Waals surface area (Å²) in [5.41, 5.74) is 0. The van der Waals surface area contributed by atoms with E-state index < -0.39 is 49.5 Å². The summed E-state index contributed by atoms with van der Waals surface area (Å²) in [5.74, 6) is -0.204. The zero-order chi connectivity index (χ0) is 37.4. The summed E-state index contributed by atoms with van der Waals surface area (Å²) in [4.78, 5) is 12.9. The lowest BCUT2D eigenvalue weighted by molar-refractivity contribution is -0.302. The molecule has 0 aromatic carbocycles. The molecule has 9 heteroatoms. The summed E-state index contributed by atoms with van der Waals surface area (Å²) >= 11 is 0. The number of rotatable bonds is 32. The normalized spacial score (nSPS) is 22.5. The van der Waals surface area contributed by atoms with Gasteiger partial charge in [0.15, 0.2) is 6.29 Å². The number of ether oxygens (including phenoxy) is 2. The Balaban J connectivity index is 2.45. The number of aliphatic hydroxyl groups excluding tert-OH is 5. The Labute approximate surface area is 310 Å². The van der Waals surface area contributed by atoms with Gasteiger partial charge in [-0.15, -0.1) is 0 Å². The third-order valence-electron chi connectivity index (χ3n) is 9.35. The molecule has 0 aliphatic carbocycles. The van der Waals surface area contributed by atoms with E-state index in [9.17, 15) is 30.3 Å². The highest BCUT2D eigenvalue weighted by Gasteiger charge is 2.44. The van der Waals surface area contributed by atoms with Crippen molar-refractivity contribution < 1.29 is 39.8 Å². The van der Waals surface area contributed by atoms with Gasteiger partial charge in [-0.2, -0.15) is 0 Å². The number of unbranched alkanes of at least 4 members (excludes halogenated alkanes) is 16. The van der Waals surface area contributed by atoms with E-state index in [1.54, 1.807) is 6.08 Å². The van der Waals surface area contributed by atoms with Crippen molar-refractivity contribution >= 4 is 5.91 Å². The molecule has 51 heavy (non-hydrogen) atoms. The van der Waals surface area contributed by atoms with E-state index in [4.69, 9.17) is 9.47 Å². The largest absolute Gasteiger partial charge is 0.394 e. The van der Waals surface area contributed by atoms with Gasteiger partial charge in [-0.1, -0.05) is 133 Å². The Morgan fingerprint density at radius 2 is 1.14 bits per heavy atom. The molecule has 0 saturated carbocycles. The Hall–Kier alpha value is -1.85. The molecule has 9 nitrogen and oxygen atoms in total. The average Bonchev–Trinajstić information content (AvgIpc) is 3.13. The smallest absolute Gasteiger partial charge is 0.220 e. The van der Waals surface area contributed by atoms with Gasteiger partial charge in [0.1, 0.15) is 24.4 Å². The van der Waals surface area contributed by atoms with Crippen molar-refractivity contribution in [3.8, 4) is 0 Å². The Bertz CT molecular complexity index is 936. The molecule has 296 valence electrons. The number of carbonyl (C=O) groups is 1. The molecule has 0 spiro atoms. The maximum Gasteiger partial charge on any atom is 0.220 e. The summed E-state index contributed by atoms with van der Waals surface area (Å²) in [5, 5.41) is 53.9. The van der Waals surface area contributed by atoms with E-state index in [0.717, 1.165) is 70.6 Å². The molecule has 1 rings (SSSR count). The van der Waals surface area contributed by atoms with Gasteiger partial charge in [0.05, 0.1) is 25.4 Å². The van der Waals surface area contributed by atoms with Crippen molar-refractivity contribution in [3.05, 3.63) is 48.6 Å².